The van der Waals surface area contributed by atoms with Crippen molar-refractivity contribution in [3.8, 4) is 0 Å². The summed E-state index contributed by atoms with van der Waals surface area (Å²) in [6, 6.07) is 16.8. The number of anilines is 1. The second kappa shape index (κ2) is 6.29. The van der Waals surface area contributed by atoms with Crippen molar-refractivity contribution in [2.45, 2.75) is 25.4 Å². The molecule has 0 spiro atoms. The number of rotatable bonds is 2. The average molecular weight is 321 g/mol. The van der Waals surface area contributed by atoms with E-state index < -0.39 is 0 Å². The zero-order valence-corrected chi connectivity index (χ0v) is 13.8. The van der Waals surface area contributed by atoms with Crippen molar-refractivity contribution < 1.29 is 4.79 Å². The Labute approximate surface area is 142 Å². The van der Waals surface area contributed by atoms with Crippen LogP contribution in [-0.4, -0.2) is 36.5 Å². The van der Waals surface area contributed by atoms with Gasteiger partial charge in [-0.2, -0.15) is 0 Å². The minimum Gasteiger partial charge on any atom is -0.360 e. The molecule has 2 aromatic carbocycles. The highest BCUT2D eigenvalue weighted by Crippen LogP contribution is 2.26. The van der Waals surface area contributed by atoms with Crippen molar-refractivity contribution in [2.75, 3.05) is 24.5 Å². The summed E-state index contributed by atoms with van der Waals surface area (Å²) in [7, 11) is 0. The molecule has 2 heterocycles. The van der Waals surface area contributed by atoms with Gasteiger partial charge in [0, 0.05) is 31.4 Å². The number of nitrogens with two attached hydrogens (primary N) is 1. The Hall–Kier alpha value is -2.33. The maximum absolute atomic E-state index is 12.8. The Kier molecular flexibility index (Phi) is 3.98. The maximum Gasteiger partial charge on any atom is 0.242 e. The molecule has 124 valence electrons. The lowest BCUT2D eigenvalue weighted by atomic mass is 9.98. The van der Waals surface area contributed by atoms with Crippen LogP contribution in [0.2, 0.25) is 0 Å². The fourth-order valence-electron chi connectivity index (χ4n) is 3.84. The highest BCUT2D eigenvalue weighted by molar-refractivity contribution is 5.82. The number of hydrogen-bond donors (Lipinski definition) is 1. The highest BCUT2D eigenvalue weighted by atomic mass is 16.2. The Morgan fingerprint density at radius 2 is 1.75 bits per heavy atom. The fourth-order valence-corrected chi connectivity index (χ4v) is 3.84. The van der Waals surface area contributed by atoms with Crippen molar-refractivity contribution in [2.24, 2.45) is 5.73 Å². The molecule has 0 saturated heterocycles. The minimum atomic E-state index is 0.0924. The summed E-state index contributed by atoms with van der Waals surface area (Å²) in [6.45, 7) is 2.67. The van der Waals surface area contributed by atoms with Crippen LogP contribution in [0.15, 0.2) is 48.5 Å². The molecule has 1 atom stereocenters. The van der Waals surface area contributed by atoms with Crippen LogP contribution in [0.5, 0.6) is 0 Å². The van der Waals surface area contributed by atoms with Gasteiger partial charge in [-0.1, -0.05) is 42.5 Å². The van der Waals surface area contributed by atoms with Gasteiger partial charge in [0.15, 0.2) is 0 Å². The monoisotopic (exact) mass is 321 g/mol. The van der Waals surface area contributed by atoms with Crippen molar-refractivity contribution in [3.05, 3.63) is 65.2 Å². The number of nitrogens with zero attached hydrogens (tertiary/aromatic N) is 2. The van der Waals surface area contributed by atoms with Gasteiger partial charge in [-0.15, -0.1) is 0 Å². The van der Waals surface area contributed by atoms with E-state index in [9.17, 15) is 4.79 Å². The molecule has 1 amide bonds. The highest BCUT2D eigenvalue weighted by Gasteiger charge is 2.26. The molecule has 0 fully saturated rings. The quantitative estimate of drug-likeness (QED) is 0.920. The topological polar surface area (TPSA) is 49.6 Å². The molecule has 4 rings (SSSR count). The van der Waals surface area contributed by atoms with E-state index in [1.165, 1.54) is 16.7 Å². The maximum atomic E-state index is 12.8. The molecule has 1 unspecified atom stereocenters. The standard InChI is InChI=1S/C20H23N3O/c21-18-11-16-6-3-4-8-19(16)23(13-18)14-20(24)22-10-9-15-5-1-2-7-17(15)12-22/h1-8,18H,9-14,21H2. The molecule has 0 radical (unpaired) electrons. The van der Waals surface area contributed by atoms with E-state index in [-0.39, 0.29) is 11.9 Å². The third kappa shape index (κ3) is 2.89. The number of para-hydroxylation sites is 1. The minimum absolute atomic E-state index is 0.0924. The van der Waals surface area contributed by atoms with Gasteiger partial charge in [-0.05, 0) is 35.6 Å². The second-order valence-electron chi connectivity index (χ2n) is 6.81. The lowest BCUT2D eigenvalue weighted by Crippen LogP contribution is -2.49. The Balaban J connectivity index is 1.49. The molecule has 0 aliphatic carbocycles. The summed E-state index contributed by atoms with van der Waals surface area (Å²) in [5, 5.41) is 0. The number of amides is 1. The molecule has 0 aromatic heterocycles. The van der Waals surface area contributed by atoms with Crippen LogP contribution in [0.1, 0.15) is 16.7 Å². The normalized spacial score (nSPS) is 19.6. The number of benzene rings is 2. The summed E-state index contributed by atoms with van der Waals surface area (Å²) in [5.74, 6) is 0.188. The summed E-state index contributed by atoms with van der Waals surface area (Å²) in [6.07, 6.45) is 1.83. The molecular weight excluding hydrogens is 298 g/mol. The molecule has 2 N–H and O–H groups in total. The van der Waals surface area contributed by atoms with E-state index in [0.29, 0.717) is 6.54 Å². The Bertz CT molecular complexity index is 758. The average Bonchev–Trinajstić information content (AvgIpc) is 2.61. The molecule has 4 nitrogen and oxygen atoms in total. The smallest absolute Gasteiger partial charge is 0.242 e. The van der Waals surface area contributed by atoms with Crippen molar-refractivity contribution >= 4 is 11.6 Å². The Morgan fingerprint density at radius 1 is 1.04 bits per heavy atom. The Morgan fingerprint density at radius 3 is 2.58 bits per heavy atom. The second-order valence-corrected chi connectivity index (χ2v) is 6.81. The van der Waals surface area contributed by atoms with Gasteiger partial charge < -0.3 is 15.5 Å². The van der Waals surface area contributed by atoms with Gasteiger partial charge in [-0.25, -0.2) is 0 Å². The molecule has 2 aliphatic rings. The molecular formula is C20H23N3O. The van der Waals surface area contributed by atoms with E-state index in [2.05, 4.69) is 35.2 Å². The third-order valence-electron chi connectivity index (χ3n) is 5.08. The van der Waals surface area contributed by atoms with Crippen molar-refractivity contribution in [1.29, 1.82) is 0 Å². The zero-order valence-electron chi connectivity index (χ0n) is 13.8. The number of carbonyl (C=O) groups is 1. The van der Waals surface area contributed by atoms with Crippen LogP contribution in [0.4, 0.5) is 5.69 Å². The number of hydrogen-bond acceptors (Lipinski definition) is 3. The first kappa shape index (κ1) is 15.2. The van der Waals surface area contributed by atoms with E-state index in [1.54, 1.807) is 0 Å². The SMILES string of the molecule is NC1Cc2ccccc2N(CC(=O)N2CCc3ccccc3C2)C1. The van der Waals surface area contributed by atoms with E-state index in [1.807, 2.05) is 23.1 Å². The fraction of sp³-hybridized carbons (Fsp3) is 0.350. The van der Waals surface area contributed by atoms with Gasteiger partial charge in [0.2, 0.25) is 5.91 Å². The summed E-state index contributed by atoms with van der Waals surface area (Å²) < 4.78 is 0. The van der Waals surface area contributed by atoms with Gasteiger partial charge in [0.05, 0.1) is 6.54 Å². The van der Waals surface area contributed by atoms with E-state index in [4.69, 9.17) is 5.73 Å². The molecule has 24 heavy (non-hydrogen) atoms. The van der Waals surface area contributed by atoms with E-state index >= 15 is 0 Å². The van der Waals surface area contributed by atoms with E-state index in [0.717, 1.165) is 38.2 Å². The van der Waals surface area contributed by atoms with Crippen molar-refractivity contribution in [1.82, 2.24) is 4.90 Å². The zero-order chi connectivity index (χ0) is 16.5. The molecule has 2 aromatic rings. The number of carbonyl (C=O) groups excluding carboxylic acids is 1. The largest absolute Gasteiger partial charge is 0.360 e. The van der Waals surface area contributed by atoms with Gasteiger partial charge in [0.25, 0.3) is 0 Å². The van der Waals surface area contributed by atoms with Gasteiger partial charge in [-0.3, -0.25) is 4.79 Å². The van der Waals surface area contributed by atoms with Crippen LogP contribution in [0.3, 0.4) is 0 Å². The predicted molar refractivity (Wildman–Crippen MR) is 95.9 cm³/mol. The van der Waals surface area contributed by atoms with Gasteiger partial charge in [0.1, 0.15) is 0 Å². The van der Waals surface area contributed by atoms with Gasteiger partial charge >= 0.3 is 0 Å². The summed E-state index contributed by atoms with van der Waals surface area (Å²) in [4.78, 5) is 17.0. The molecule has 4 heteroatoms. The number of fused-ring (bicyclic) bond motifs is 2. The first-order valence-electron chi connectivity index (χ1n) is 8.63. The van der Waals surface area contributed by atoms with Crippen molar-refractivity contribution in [3.63, 3.8) is 0 Å². The lowest BCUT2D eigenvalue weighted by Gasteiger charge is -2.36. The van der Waals surface area contributed by atoms with Crippen LogP contribution in [0.25, 0.3) is 0 Å². The third-order valence-corrected chi connectivity index (χ3v) is 5.08. The summed E-state index contributed by atoms with van der Waals surface area (Å²) >= 11 is 0. The first-order valence-corrected chi connectivity index (χ1v) is 8.63. The molecule has 0 bridgehead atoms. The van der Waals surface area contributed by atoms with Crippen LogP contribution < -0.4 is 10.6 Å². The van der Waals surface area contributed by atoms with Crippen LogP contribution in [-0.2, 0) is 24.2 Å². The molecule has 2 aliphatic heterocycles. The van der Waals surface area contributed by atoms with Crippen LogP contribution in [0, 0.1) is 0 Å². The summed E-state index contributed by atoms with van der Waals surface area (Å²) in [5.41, 5.74) is 11.2. The lowest BCUT2D eigenvalue weighted by molar-refractivity contribution is -0.130. The molecule has 0 saturated carbocycles. The predicted octanol–water partition coefficient (Wildman–Crippen LogP) is 1.96. The first-order chi connectivity index (χ1) is 11.7. The van der Waals surface area contributed by atoms with Crippen LogP contribution >= 0.6 is 0 Å².